The Morgan fingerprint density at radius 1 is 0.931 bits per heavy atom. The average Bonchev–Trinajstić information content (AvgIpc) is 3.03. The van der Waals surface area contributed by atoms with E-state index in [-0.39, 0.29) is 0 Å². The number of thiophene rings is 1. The number of rotatable bonds is 13. The molecule has 0 aliphatic heterocycles. The Morgan fingerprint density at radius 2 is 1.48 bits per heavy atom. The molecule has 1 rings (SSSR count). The standard InChI is InChI=1S/C21H34N2O4S2/c1-5-6-7-8-9-10-11-12-13-14-22-21(28)23-18-16(19(24)26-3)15(2)17(29-18)20(25)27-4/h5-14H2,1-4H3,(H2,22,23,28). The van der Waals surface area contributed by atoms with Crippen LogP contribution < -0.4 is 10.6 Å². The van der Waals surface area contributed by atoms with E-state index in [1.54, 1.807) is 6.92 Å². The Bertz CT molecular complexity index is 674. The summed E-state index contributed by atoms with van der Waals surface area (Å²) in [5.74, 6) is -1.00. The van der Waals surface area contributed by atoms with Crippen LogP contribution in [0, 0.1) is 6.92 Å². The molecule has 8 heteroatoms. The molecular formula is C21H34N2O4S2. The third-order valence-electron chi connectivity index (χ3n) is 4.70. The van der Waals surface area contributed by atoms with E-state index < -0.39 is 11.9 Å². The first kappa shape index (κ1) is 25.4. The maximum Gasteiger partial charge on any atom is 0.348 e. The van der Waals surface area contributed by atoms with E-state index in [4.69, 9.17) is 21.7 Å². The van der Waals surface area contributed by atoms with Gasteiger partial charge in [0.05, 0.1) is 19.8 Å². The van der Waals surface area contributed by atoms with Crippen LogP contribution in [0.5, 0.6) is 0 Å². The van der Waals surface area contributed by atoms with Crippen molar-refractivity contribution in [3.63, 3.8) is 0 Å². The maximum atomic E-state index is 12.1. The first-order chi connectivity index (χ1) is 14.0. The Labute approximate surface area is 183 Å². The molecule has 1 aromatic heterocycles. The van der Waals surface area contributed by atoms with E-state index >= 15 is 0 Å². The van der Waals surface area contributed by atoms with Gasteiger partial charge < -0.3 is 20.1 Å². The second-order valence-electron chi connectivity index (χ2n) is 6.95. The highest BCUT2D eigenvalue weighted by atomic mass is 32.1. The summed E-state index contributed by atoms with van der Waals surface area (Å²) in [7, 11) is 2.62. The second kappa shape index (κ2) is 14.3. The highest BCUT2D eigenvalue weighted by Crippen LogP contribution is 2.34. The molecule has 0 aliphatic carbocycles. The van der Waals surface area contributed by atoms with E-state index in [2.05, 4.69) is 17.6 Å². The fraction of sp³-hybridized carbons (Fsp3) is 0.667. The fourth-order valence-electron chi connectivity index (χ4n) is 3.02. The lowest BCUT2D eigenvalue weighted by Gasteiger charge is -2.10. The monoisotopic (exact) mass is 442 g/mol. The van der Waals surface area contributed by atoms with Crippen LogP contribution in [0.25, 0.3) is 0 Å². The van der Waals surface area contributed by atoms with Crippen LogP contribution in [-0.4, -0.2) is 37.8 Å². The summed E-state index contributed by atoms with van der Waals surface area (Å²) in [5.41, 5.74) is 0.836. The molecule has 0 spiro atoms. The van der Waals surface area contributed by atoms with Crippen LogP contribution in [0.3, 0.4) is 0 Å². The first-order valence-electron chi connectivity index (χ1n) is 10.3. The number of hydrogen-bond acceptors (Lipinski definition) is 6. The lowest BCUT2D eigenvalue weighted by molar-refractivity contribution is 0.0601. The van der Waals surface area contributed by atoms with E-state index in [0.717, 1.165) is 24.3 Å². The molecule has 0 saturated carbocycles. The third kappa shape index (κ3) is 8.70. The van der Waals surface area contributed by atoms with Gasteiger partial charge in [-0.05, 0) is 31.1 Å². The van der Waals surface area contributed by atoms with Gasteiger partial charge in [-0.3, -0.25) is 0 Å². The van der Waals surface area contributed by atoms with Gasteiger partial charge in [0, 0.05) is 6.54 Å². The molecule has 29 heavy (non-hydrogen) atoms. The van der Waals surface area contributed by atoms with Gasteiger partial charge >= 0.3 is 11.9 Å². The van der Waals surface area contributed by atoms with Crippen LogP contribution in [0.4, 0.5) is 5.00 Å². The van der Waals surface area contributed by atoms with Crippen LogP contribution in [0.15, 0.2) is 0 Å². The topological polar surface area (TPSA) is 76.7 Å². The zero-order chi connectivity index (χ0) is 21.6. The number of anilines is 1. The highest BCUT2D eigenvalue weighted by Gasteiger charge is 2.26. The van der Waals surface area contributed by atoms with Crippen molar-refractivity contribution in [3.8, 4) is 0 Å². The number of methoxy groups -OCH3 is 2. The number of ether oxygens (including phenoxy) is 2. The Balaban J connectivity index is 2.44. The van der Waals surface area contributed by atoms with E-state index in [9.17, 15) is 9.59 Å². The largest absolute Gasteiger partial charge is 0.465 e. The van der Waals surface area contributed by atoms with Gasteiger partial charge in [0.2, 0.25) is 0 Å². The van der Waals surface area contributed by atoms with Crippen LogP contribution >= 0.6 is 23.6 Å². The SMILES string of the molecule is CCCCCCCCCCCNC(=S)Nc1sc(C(=O)OC)c(C)c1C(=O)OC. The number of carbonyl (C=O) groups excluding carboxylic acids is 2. The summed E-state index contributed by atoms with van der Waals surface area (Å²) >= 11 is 6.48. The number of carbonyl (C=O) groups is 2. The summed E-state index contributed by atoms with van der Waals surface area (Å²) in [5, 5.41) is 7.10. The summed E-state index contributed by atoms with van der Waals surface area (Å²) < 4.78 is 9.63. The number of hydrogen-bond donors (Lipinski definition) is 2. The number of nitrogens with one attached hydrogen (secondary N) is 2. The van der Waals surface area contributed by atoms with Crippen molar-refractivity contribution in [2.24, 2.45) is 0 Å². The zero-order valence-corrected chi connectivity index (χ0v) is 19.7. The van der Waals surface area contributed by atoms with Gasteiger partial charge in [0.1, 0.15) is 9.88 Å². The molecule has 0 unspecified atom stereocenters. The quantitative estimate of drug-likeness (QED) is 0.239. The predicted molar refractivity (Wildman–Crippen MR) is 123 cm³/mol. The van der Waals surface area contributed by atoms with Crippen LogP contribution in [0.2, 0.25) is 0 Å². The number of unbranched alkanes of at least 4 members (excludes halogenated alkanes) is 8. The van der Waals surface area contributed by atoms with Crippen molar-refractivity contribution >= 4 is 45.6 Å². The number of esters is 2. The van der Waals surface area contributed by atoms with Gasteiger partial charge in [0.15, 0.2) is 5.11 Å². The molecule has 0 fully saturated rings. The smallest absolute Gasteiger partial charge is 0.348 e. The number of thiocarbonyl (C=S) groups is 1. The Hall–Kier alpha value is -1.67. The molecule has 6 nitrogen and oxygen atoms in total. The van der Waals surface area contributed by atoms with Crippen molar-refractivity contribution < 1.29 is 19.1 Å². The zero-order valence-electron chi connectivity index (χ0n) is 18.0. The van der Waals surface area contributed by atoms with Crippen LogP contribution in [0.1, 0.15) is 90.3 Å². The average molecular weight is 443 g/mol. The highest BCUT2D eigenvalue weighted by molar-refractivity contribution is 7.80. The second-order valence-corrected chi connectivity index (χ2v) is 8.38. The van der Waals surface area contributed by atoms with Gasteiger partial charge in [-0.2, -0.15) is 0 Å². The molecular weight excluding hydrogens is 408 g/mol. The molecule has 0 radical (unpaired) electrons. The minimum absolute atomic E-state index is 0.310. The Kier molecular flexibility index (Phi) is 12.5. The molecule has 0 atom stereocenters. The van der Waals surface area contributed by atoms with Crippen molar-refractivity contribution in [1.82, 2.24) is 5.32 Å². The van der Waals surface area contributed by atoms with Crippen molar-refractivity contribution in [2.75, 3.05) is 26.1 Å². The van der Waals surface area contributed by atoms with Crippen molar-refractivity contribution in [1.29, 1.82) is 0 Å². The van der Waals surface area contributed by atoms with Gasteiger partial charge in [-0.15, -0.1) is 11.3 Å². The van der Waals surface area contributed by atoms with Gasteiger partial charge in [-0.25, -0.2) is 9.59 Å². The maximum absolute atomic E-state index is 12.1. The molecule has 1 heterocycles. The predicted octanol–water partition coefficient (Wildman–Crippen LogP) is 5.45. The summed E-state index contributed by atoms with van der Waals surface area (Å²) in [6.45, 7) is 4.70. The molecule has 164 valence electrons. The van der Waals surface area contributed by atoms with Crippen LogP contribution in [-0.2, 0) is 9.47 Å². The Morgan fingerprint density at radius 3 is 2.03 bits per heavy atom. The lowest BCUT2D eigenvalue weighted by atomic mass is 10.1. The normalized spacial score (nSPS) is 10.5. The van der Waals surface area contributed by atoms with Crippen molar-refractivity contribution in [3.05, 3.63) is 16.0 Å². The molecule has 0 amide bonds. The summed E-state index contributed by atoms with van der Waals surface area (Å²) in [6.07, 6.45) is 11.4. The minimum Gasteiger partial charge on any atom is -0.465 e. The third-order valence-corrected chi connectivity index (χ3v) is 6.13. The minimum atomic E-state index is -0.516. The molecule has 1 aromatic rings. The first-order valence-corrected chi connectivity index (χ1v) is 11.5. The summed E-state index contributed by atoms with van der Waals surface area (Å²) in [6, 6.07) is 0. The van der Waals surface area contributed by atoms with E-state index in [1.165, 1.54) is 65.6 Å². The van der Waals surface area contributed by atoms with E-state index in [0.29, 0.717) is 26.1 Å². The molecule has 2 N–H and O–H groups in total. The molecule has 0 aliphatic rings. The van der Waals surface area contributed by atoms with Crippen molar-refractivity contribution in [2.45, 2.75) is 71.6 Å². The van der Waals surface area contributed by atoms with E-state index in [1.807, 2.05) is 0 Å². The molecule has 0 saturated heterocycles. The fourth-order valence-corrected chi connectivity index (χ4v) is 4.41. The van der Waals surface area contributed by atoms with Gasteiger partial charge in [-0.1, -0.05) is 58.3 Å². The van der Waals surface area contributed by atoms with Gasteiger partial charge in [0.25, 0.3) is 0 Å². The summed E-state index contributed by atoms with van der Waals surface area (Å²) in [4.78, 5) is 24.4. The molecule has 0 bridgehead atoms. The lowest BCUT2D eigenvalue weighted by Crippen LogP contribution is -2.29. The molecule has 0 aromatic carbocycles.